The Bertz CT molecular complexity index is 1150. The first kappa shape index (κ1) is 20.8. The number of rotatable bonds is 2. The molecule has 3 amide bonds. The molecule has 164 valence electrons. The van der Waals surface area contributed by atoms with E-state index in [0.717, 1.165) is 11.3 Å². The molecule has 2 aromatic carbocycles. The summed E-state index contributed by atoms with van der Waals surface area (Å²) >= 11 is 5.97. The van der Waals surface area contributed by atoms with Gasteiger partial charge in [0.05, 0.1) is 17.9 Å². The Balaban J connectivity index is 1.59. The van der Waals surface area contributed by atoms with Gasteiger partial charge in [-0.3, -0.25) is 19.3 Å². The smallest absolute Gasteiger partial charge is 0.247 e. The quantitative estimate of drug-likeness (QED) is 0.704. The lowest BCUT2D eigenvalue weighted by atomic mass is 9.88. The third-order valence-electron chi connectivity index (χ3n) is 6.47. The fourth-order valence-electron chi connectivity index (χ4n) is 5.22. The number of nitrogens with zero attached hydrogens (tertiary/aromatic N) is 2. The van der Waals surface area contributed by atoms with E-state index in [4.69, 9.17) is 11.6 Å². The number of fused-ring (bicyclic) bond motifs is 5. The third kappa shape index (κ3) is 3.05. The molecule has 7 heteroatoms. The Labute approximate surface area is 191 Å². The molecule has 0 unspecified atom stereocenters. The van der Waals surface area contributed by atoms with E-state index >= 15 is 0 Å². The Hall–Kier alpha value is -3.12. The topological polar surface area (TPSA) is 69.7 Å². The molecule has 2 aromatic rings. The number of amides is 3. The zero-order valence-corrected chi connectivity index (χ0v) is 18.8. The summed E-state index contributed by atoms with van der Waals surface area (Å²) in [6.45, 7) is 5.53. The number of carbonyl (C=O) groups excluding carboxylic acids is 3. The number of hydrogen-bond donors (Lipinski definition) is 1. The second-order valence-corrected chi connectivity index (χ2v) is 9.93. The number of imide groups is 1. The van der Waals surface area contributed by atoms with Gasteiger partial charge in [-0.2, -0.15) is 0 Å². The minimum absolute atomic E-state index is 0.215. The van der Waals surface area contributed by atoms with Gasteiger partial charge >= 0.3 is 0 Å². The van der Waals surface area contributed by atoms with Gasteiger partial charge in [-0.05, 0) is 56.7 Å². The van der Waals surface area contributed by atoms with Crippen molar-refractivity contribution in [1.29, 1.82) is 0 Å². The average Bonchev–Trinajstić information content (AvgIpc) is 3.22. The van der Waals surface area contributed by atoms with Gasteiger partial charge in [0.25, 0.3) is 0 Å². The van der Waals surface area contributed by atoms with Gasteiger partial charge in [0.1, 0.15) is 6.04 Å². The van der Waals surface area contributed by atoms with E-state index in [0.29, 0.717) is 10.7 Å². The molecule has 0 bridgehead atoms. The van der Waals surface area contributed by atoms with E-state index in [1.54, 1.807) is 24.3 Å². The number of anilines is 2. The largest absolute Gasteiger partial charge is 0.351 e. The van der Waals surface area contributed by atoms with Crippen molar-refractivity contribution in [3.05, 3.63) is 65.2 Å². The van der Waals surface area contributed by atoms with Crippen LogP contribution in [0.25, 0.3) is 6.08 Å². The summed E-state index contributed by atoms with van der Waals surface area (Å²) in [6, 6.07) is 13.4. The Morgan fingerprint density at radius 2 is 1.62 bits per heavy atom. The number of likely N-dealkylation sites (tertiary alicyclic amines) is 1. The summed E-state index contributed by atoms with van der Waals surface area (Å²) in [6.07, 6.45) is 3.93. The van der Waals surface area contributed by atoms with Crippen molar-refractivity contribution >= 4 is 46.8 Å². The van der Waals surface area contributed by atoms with Crippen LogP contribution in [0, 0.1) is 11.8 Å². The van der Waals surface area contributed by atoms with Crippen LogP contribution in [-0.2, 0) is 14.4 Å². The van der Waals surface area contributed by atoms with E-state index in [1.165, 1.54) is 4.90 Å². The van der Waals surface area contributed by atoms with Crippen LogP contribution in [0.5, 0.6) is 0 Å². The molecular weight excluding hydrogens is 426 g/mol. The zero-order chi connectivity index (χ0) is 22.8. The van der Waals surface area contributed by atoms with Crippen molar-refractivity contribution in [3.8, 4) is 0 Å². The van der Waals surface area contributed by atoms with Crippen LogP contribution in [-0.4, -0.2) is 40.2 Å². The Kier molecular flexibility index (Phi) is 4.67. The maximum absolute atomic E-state index is 13.6. The monoisotopic (exact) mass is 449 g/mol. The maximum atomic E-state index is 13.6. The van der Waals surface area contributed by atoms with Crippen LogP contribution in [0.2, 0.25) is 5.02 Å². The first-order valence-electron chi connectivity index (χ1n) is 10.7. The number of para-hydroxylation sites is 1. The molecule has 1 N–H and O–H groups in total. The first-order valence-corrected chi connectivity index (χ1v) is 11.1. The van der Waals surface area contributed by atoms with Crippen molar-refractivity contribution < 1.29 is 14.4 Å². The molecule has 6 nitrogen and oxygen atoms in total. The number of benzene rings is 2. The fraction of sp³-hybridized carbons (Fsp3) is 0.320. The van der Waals surface area contributed by atoms with Crippen LogP contribution < -0.4 is 10.2 Å². The van der Waals surface area contributed by atoms with Crippen molar-refractivity contribution in [2.75, 3.05) is 10.2 Å². The molecule has 3 aliphatic rings. The summed E-state index contributed by atoms with van der Waals surface area (Å²) in [5.41, 5.74) is 1.75. The van der Waals surface area contributed by atoms with E-state index < -0.39 is 23.4 Å². The highest BCUT2D eigenvalue weighted by molar-refractivity contribution is 6.30. The van der Waals surface area contributed by atoms with Crippen molar-refractivity contribution in [2.24, 2.45) is 11.8 Å². The average molecular weight is 450 g/mol. The Morgan fingerprint density at radius 3 is 2.31 bits per heavy atom. The number of nitrogens with one attached hydrogen (secondary N) is 1. The zero-order valence-electron chi connectivity index (χ0n) is 18.1. The van der Waals surface area contributed by atoms with Crippen LogP contribution in [0.15, 0.2) is 54.6 Å². The minimum Gasteiger partial charge on any atom is -0.351 e. The summed E-state index contributed by atoms with van der Waals surface area (Å²) < 4.78 is 0. The standard InChI is InChI=1S/C25H24ClN3O3/c1-25(2,3)29-23(31)19-18-13-8-14-6-4-5-7-17(14)28(18)21(20(19)24(29)32)22(30)27-16-11-9-15(26)10-12-16/h4-13,18-21H,1-3H3,(H,27,30)/t18-,19-,20+,21+/m1/s1. The van der Waals surface area contributed by atoms with E-state index in [9.17, 15) is 14.4 Å². The molecule has 0 spiro atoms. The fourth-order valence-corrected chi connectivity index (χ4v) is 5.35. The summed E-state index contributed by atoms with van der Waals surface area (Å²) in [4.78, 5) is 44.0. The second-order valence-electron chi connectivity index (χ2n) is 9.49. The lowest BCUT2D eigenvalue weighted by molar-refractivity contribution is -0.146. The van der Waals surface area contributed by atoms with E-state index in [1.807, 2.05) is 62.1 Å². The molecule has 2 fully saturated rings. The molecule has 5 rings (SSSR count). The highest BCUT2D eigenvalue weighted by atomic mass is 35.5. The summed E-state index contributed by atoms with van der Waals surface area (Å²) in [5, 5.41) is 3.50. The molecule has 32 heavy (non-hydrogen) atoms. The molecule has 3 heterocycles. The van der Waals surface area contributed by atoms with Crippen LogP contribution >= 0.6 is 11.6 Å². The van der Waals surface area contributed by atoms with Gasteiger partial charge in [0.2, 0.25) is 17.7 Å². The van der Waals surface area contributed by atoms with Gasteiger partial charge < -0.3 is 10.2 Å². The summed E-state index contributed by atoms with van der Waals surface area (Å²) in [7, 11) is 0. The highest BCUT2D eigenvalue weighted by Crippen LogP contribution is 2.49. The number of hydrogen-bond acceptors (Lipinski definition) is 4. The Morgan fingerprint density at radius 1 is 0.969 bits per heavy atom. The number of carbonyl (C=O) groups is 3. The highest BCUT2D eigenvalue weighted by Gasteiger charge is 2.65. The van der Waals surface area contributed by atoms with Gasteiger partial charge in [0, 0.05) is 21.9 Å². The first-order chi connectivity index (χ1) is 15.2. The van der Waals surface area contributed by atoms with Crippen molar-refractivity contribution in [2.45, 2.75) is 38.4 Å². The van der Waals surface area contributed by atoms with Crippen LogP contribution in [0.1, 0.15) is 26.3 Å². The summed E-state index contributed by atoms with van der Waals surface area (Å²) in [5.74, 6) is -2.17. The molecule has 0 aliphatic carbocycles. The maximum Gasteiger partial charge on any atom is 0.247 e. The number of halogens is 1. The molecule has 0 radical (unpaired) electrons. The molecular formula is C25H24ClN3O3. The van der Waals surface area contributed by atoms with Gasteiger partial charge in [-0.1, -0.05) is 42.0 Å². The van der Waals surface area contributed by atoms with E-state index in [-0.39, 0.29) is 23.8 Å². The lowest BCUT2D eigenvalue weighted by Gasteiger charge is -2.38. The lowest BCUT2D eigenvalue weighted by Crippen LogP contribution is -2.53. The molecule has 0 saturated carbocycles. The van der Waals surface area contributed by atoms with Crippen LogP contribution in [0.4, 0.5) is 11.4 Å². The predicted octanol–water partition coefficient (Wildman–Crippen LogP) is 3.96. The molecule has 3 aliphatic heterocycles. The van der Waals surface area contributed by atoms with Gasteiger partial charge in [-0.15, -0.1) is 0 Å². The third-order valence-corrected chi connectivity index (χ3v) is 6.72. The SMILES string of the molecule is CC(C)(C)N1C(=O)[C@H]2[C@H](C1=O)[C@@H](C(=O)Nc1ccc(Cl)cc1)N1c3ccccc3C=C[C@H]21. The minimum atomic E-state index is -0.810. The van der Waals surface area contributed by atoms with Crippen molar-refractivity contribution in [1.82, 2.24) is 4.90 Å². The second kappa shape index (κ2) is 7.20. The van der Waals surface area contributed by atoms with Crippen LogP contribution in [0.3, 0.4) is 0 Å². The molecule has 0 aromatic heterocycles. The molecule has 2 saturated heterocycles. The van der Waals surface area contributed by atoms with Gasteiger partial charge in [-0.25, -0.2) is 0 Å². The predicted molar refractivity (Wildman–Crippen MR) is 124 cm³/mol. The normalized spacial score (nSPS) is 26.1. The van der Waals surface area contributed by atoms with Gasteiger partial charge in [0.15, 0.2) is 0 Å². The van der Waals surface area contributed by atoms with Crippen molar-refractivity contribution in [3.63, 3.8) is 0 Å². The molecule has 4 atom stereocenters. The van der Waals surface area contributed by atoms with E-state index in [2.05, 4.69) is 5.32 Å².